The van der Waals surface area contributed by atoms with E-state index in [1.165, 1.54) is 0 Å². The molecule has 1 heterocycles. The Labute approximate surface area is 111 Å². The molecule has 2 atom stereocenters. The second kappa shape index (κ2) is 6.82. The zero-order valence-corrected chi connectivity index (χ0v) is 10.9. The van der Waals surface area contributed by atoms with Crippen molar-refractivity contribution in [1.29, 1.82) is 0 Å². The van der Waals surface area contributed by atoms with E-state index in [2.05, 4.69) is 17.0 Å². The van der Waals surface area contributed by atoms with Crippen LogP contribution in [0, 0.1) is 5.92 Å². The minimum atomic E-state index is -2.77. The van der Waals surface area contributed by atoms with Crippen molar-refractivity contribution in [3.63, 3.8) is 0 Å². The van der Waals surface area contributed by atoms with Crippen molar-refractivity contribution < 1.29 is 18.3 Å². The van der Waals surface area contributed by atoms with Gasteiger partial charge in [0.05, 0.1) is 6.61 Å². The largest absolute Gasteiger partial charge is 0.435 e. The fourth-order valence-corrected chi connectivity index (χ4v) is 2.14. The molecule has 0 spiro atoms. The molecular weight excluding hydrogens is 252 g/mol. The highest BCUT2D eigenvalue weighted by Crippen LogP contribution is 2.20. The highest BCUT2D eigenvalue weighted by molar-refractivity contribution is 5.28. The molecule has 2 rings (SSSR count). The molecule has 0 aromatic heterocycles. The number of halogens is 2. The number of hydrogen-bond donors (Lipinski definition) is 1. The topological polar surface area (TPSA) is 30.5 Å². The molecule has 2 unspecified atom stereocenters. The van der Waals surface area contributed by atoms with Crippen LogP contribution in [0.2, 0.25) is 0 Å². The highest BCUT2D eigenvalue weighted by Gasteiger charge is 2.16. The van der Waals surface area contributed by atoms with Gasteiger partial charge in [-0.15, -0.1) is 0 Å². The lowest BCUT2D eigenvalue weighted by Crippen LogP contribution is -2.25. The molecule has 19 heavy (non-hydrogen) atoms. The first kappa shape index (κ1) is 14.2. The average Bonchev–Trinajstić information content (AvgIpc) is 2.89. The molecule has 1 aliphatic heterocycles. The van der Waals surface area contributed by atoms with Crippen LogP contribution in [0.4, 0.5) is 8.78 Å². The number of benzene rings is 1. The van der Waals surface area contributed by atoms with Crippen LogP contribution in [0.5, 0.6) is 5.75 Å². The second-order valence-corrected chi connectivity index (χ2v) is 4.81. The van der Waals surface area contributed by atoms with E-state index in [-0.39, 0.29) is 11.8 Å². The zero-order chi connectivity index (χ0) is 13.7. The van der Waals surface area contributed by atoms with Gasteiger partial charge in [-0.05, 0) is 37.0 Å². The van der Waals surface area contributed by atoms with E-state index in [4.69, 9.17) is 4.74 Å². The fourth-order valence-electron chi connectivity index (χ4n) is 2.14. The maximum absolute atomic E-state index is 12.0. The van der Waals surface area contributed by atoms with E-state index >= 15 is 0 Å². The standard InChI is InChI=1S/C14H19F2NO2/c1-10(17-8-11-6-7-18-9-11)12-2-4-13(5-3-12)19-14(15)16/h2-5,10-11,14,17H,6-9H2,1H3. The summed E-state index contributed by atoms with van der Waals surface area (Å²) < 4.78 is 33.7. The Morgan fingerprint density at radius 3 is 2.68 bits per heavy atom. The molecule has 1 aromatic carbocycles. The molecule has 1 aliphatic rings. The van der Waals surface area contributed by atoms with Crippen LogP contribution in [0.3, 0.4) is 0 Å². The lowest BCUT2D eigenvalue weighted by atomic mass is 10.1. The molecule has 0 aliphatic carbocycles. The van der Waals surface area contributed by atoms with E-state index in [0.29, 0.717) is 5.92 Å². The Morgan fingerprint density at radius 1 is 1.37 bits per heavy atom. The van der Waals surface area contributed by atoms with Crippen LogP contribution >= 0.6 is 0 Å². The van der Waals surface area contributed by atoms with Gasteiger partial charge in [0, 0.05) is 19.2 Å². The van der Waals surface area contributed by atoms with Crippen LogP contribution in [-0.2, 0) is 4.74 Å². The van der Waals surface area contributed by atoms with Crippen LogP contribution in [0.25, 0.3) is 0 Å². The Balaban J connectivity index is 1.82. The summed E-state index contributed by atoms with van der Waals surface area (Å²) in [7, 11) is 0. The Hall–Kier alpha value is -1.20. The second-order valence-electron chi connectivity index (χ2n) is 4.81. The van der Waals surface area contributed by atoms with Gasteiger partial charge in [0.25, 0.3) is 0 Å². The zero-order valence-electron chi connectivity index (χ0n) is 10.9. The van der Waals surface area contributed by atoms with Crippen molar-refractivity contribution in [2.45, 2.75) is 26.0 Å². The number of hydrogen-bond acceptors (Lipinski definition) is 3. The Morgan fingerprint density at radius 2 is 2.11 bits per heavy atom. The van der Waals surface area contributed by atoms with Crippen LogP contribution in [-0.4, -0.2) is 26.4 Å². The predicted molar refractivity (Wildman–Crippen MR) is 68.4 cm³/mol. The molecule has 0 amide bonds. The summed E-state index contributed by atoms with van der Waals surface area (Å²) in [4.78, 5) is 0. The number of ether oxygens (including phenoxy) is 2. The van der Waals surface area contributed by atoms with Gasteiger partial charge in [-0.3, -0.25) is 0 Å². The van der Waals surface area contributed by atoms with Gasteiger partial charge < -0.3 is 14.8 Å². The van der Waals surface area contributed by atoms with E-state index in [9.17, 15) is 8.78 Å². The molecule has 1 fully saturated rings. The monoisotopic (exact) mass is 271 g/mol. The van der Waals surface area contributed by atoms with Gasteiger partial charge in [-0.2, -0.15) is 8.78 Å². The number of nitrogens with one attached hydrogen (secondary N) is 1. The summed E-state index contributed by atoms with van der Waals surface area (Å²) in [5.41, 5.74) is 1.06. The van der Waals surface area contributed by atoms with Crippen molar-refractivity contribution in [3.8, 4) is 5.75 Å². The van der Waals surface area contributed by atoms with Crippen LogP contribution < -0.4 is 10.1 Å². The molecule has 106 valence electrons. The molecular formula is C14H19F2NO2. The lowest BCUT2D eigenvalue weighted by Gasteiger charge is -2.17. The third-order valence-corrected chi connectivity index (χ3v) is 3.34. The SMILES string of the molecule is CC(NCC1CCOC1)c1ccc(OC(F)F)cc1. The summed E-state index contributed by atoms with van der Waals surface area (Å²) in [5, 5.41) is 3.43. The Kier molecular flexibility index (Phi) is 5.10. The molecule has 0 saturated carbocycles. The lowest BCUT2D eigenvalue weighted by molar-refractivity contribution is -0.0498. The van der Waals surface area contributed by atoms with Gasteiger partial charge in [0.2, 0.25) is 0 Å². The van der Waals surface area contributed by atoms with E-state index < -0.39 is 6.61 Å². The summed E-state index contributed by atoms with van der Waals surface area (Å²) >= 11 is 0. The molecule has 1 aromatic rings. The van der Waals surface area contributed by atoms with Crippen LogP contribution in [0.1, 0.15) is 24.9 Å². The molecule has 0 bridgehead atoms. The van der Waals surface area contributed by atoms with Gasteiger partial charge in [-0.1, -0.05) is 12.1 Å². The quantitative estimate of drug-likeness (QED) is 0.863. The minimum Gasteiger partial charge on any atom is -0.435 e. The van der Waals surface area contributed by atoms with Gasteiger partial charge in [-0.25, -0.2) is 0 Å². The summed E-state index contributed by atoms with van der Waals surface area (Å²) in [6.07, 6.45) is 1.10. The van der Waals surface area contributed by atoms with Gasteiger partial charge in [0.1, 0.15) is 5.75 Å². The molecule has 0 radical (unpaired) electrons. The predicted octanol–water partition coefficient (Wildman–Crippen LogP) is 2.98. The first-order chi connectivity index (χ1) is 9.15. The molecule has 5 heteroatoms. The van der Waals surface area contributed by atoms with Crippen LogP contribution in [0.15, 0.2) is 24.3 Å². The van der Waals surface area contributed by atoms with E-state index in [1.807, 2.05) is 0 Å². The normalized spacial score (nSPS) is 20.7. The van der Waals surface area contributed by atoms with Crippen molar-refractivity contribution >= 4 is 0 Å². The first-order valence-electron chi connectivity index (χ1n) is 6.51. The summed E-state index contributed by atoms with van der Waals surface area (Å²) in [6.45, 7) is 1.86. The first-order valence-corrected chi connectivity index (χ1v) is 6.51. The molecule has 1 N–H and O–H groups in total. The Bertz CT molecular complexity index is 378. The van der Waals surface area contributed by atoms with E-state index in [0.717, 1.165) is 31.7 Å². The summed E-state index contributed by atoms with van der Waals surface area (Å²) in [5.74, 6) is 0.763. The maximum atomic E-state index is 12.0. The average molecular weight is 271 g/mol. The number of rotatable bonds is 6. The van der Waals surface area contributed by atoms with E-state index in [1.54, 1.807) is 24.3 Å². The molecule has 3 nitrogen and oxygen atoms in total. The van der Waals surface area contributed by atoms with Crippen molar-refractivity contribution in [2.75, 3.05) is 19.8 Å². The maximum Gasteiger partial charge on any atom is 0.387 e. The van der Waals surface area contributed by atoms with Crippen molar-refractivity contribution in [1.82, 2.24) is 5.32 Å². The van der Waals surface area contributed by atoms with Gasteiger partial charge in [0.15, 0.2) is 0 Å². The third-order valence-electron chi connectivity index (χ3n) is 3.34. The highest BCUT2D eigenvalue weighted by atomic mass is 19.3. The third kappa shape index (κ3) is 4.44. The molecule has 1 saturated heterocycles. The van der Waals surface area contributed by atoms with Gasteiger partial charge >= 0.3 is 6.61 Å². The van der Waals surface area contributed by atoms with Crippen molar-refractivity contribution in [2.24, 2.45) is 5.92 Å². The van der Waals surface area contributed by atoms with Crippen molar-refractivity contribution in [3.05, 3.63) is 29.8 Å². The number of alkyl halides is 2. The minimum absolute atomic E-state index is 0.182. The fraction of sp³-hybridized carbons (Fsp3) is 0.571. The summed E-state index contributed by atoms with van der Waals surface area (Å²) in [6, 6.07) is 6.93. The smallest absolute Gasteiger partial charge is 0.387 e.